The third kappa shape index (κ3) is 3.98. The predicted octanol–water partition coefficient (Wildman–Crippen LogP) is 3.64. The summed E-state index contributed by atoms with van der Waals surface area (Å²) in [4.78, 5) is 14.7. The number of nitrogens with zero attached hydrogens (tertiary/aromatic N) is 1. The van der Waals surface area contributed by atoms with Gasteiger partial charge in [-0.15, -0.1) is 0 Å². The SMILES string of the molecule is CCC(CC)CC(=O)N1CCNCC1c1ccccc1Cl. The lowest BCUT2D eigenvalue weighted by atomic mass is 9.96. The van der Waals surface area contributed by atoms with Crippen LogP contribution in [0.2, 0.25) is 5.02 Å². The largest absolute Gasteiger partial charge is 0.333 e. The summed E-state index contributed by atoms with van der Waals surface area (Å²) in [5.41, 5.74) is 1.05. The lowest BCUT2D eigenvalue weighted by Gasteiger charge is -2.37. The number of halogens is 1. The van der Waals surface area contributed by atoms with E-state index in [1.54, 1.807) is 0 Å². The Labute approximate surface area is 132 Å². The Balaban J connectivity index is 2.16. The Kier molecular flexibility index (Phi) is 6.07. The summed E-state index contributed by atoms with van der Waals surface area (Å²) in [6.07, 6.45) is 2.77. The molecule has 1 saturated heterocycles. The van der Waals surface area contributed by atoms with Crippen LogP contribution in [0.15, 0.2) is 24.3 Å². The van der Waals surface area contributed by atoms with Crippen LogP contribution in [0.5, 0.6) is 0 Å². The van der Waals surface area contributed by atoms with Gasteiger partial charge in [0, 0.05) is 31.1 Å². The molecule has 1 heterocycles. The van der Waals surface area contributed by atoms with Crippen LogP contribution in [0.3, 0.4) is 0 Å². The molecular formula is C17H25ClN2O. The summed E-state index contributed by atoms with van der Waals surface area (Å²) in [6, 6.07) is 7.89. The summed E-state index contributed by atoms with van der Waals surface area (Å²) in [6.45, 7) is 6.71. The van der Waals surface area contributed by atoms with Crippen molar-refractivity contribution in [2.45, 2.75) is 39.2 Å². The fourth-order valence-electron chi connectivity index (χ4n) is 2.97. The van der Waals surface area contributed by atoms with Gasteiger partial charge in [-0.05, 0) is 17.5 Å². The summed E-state index contributed by atoms with van der Waals surface area (Å²) in [5, 5.41) is 4.12. The molecule has 4 heteroatoms. The van der Waals surface area contributed by atoms with Crippen LogP contribution in [0, 0.1) is 5.92 Å². The van der Waals surface area contributed by atoms with Crippen LogP contribution >= 0.6 is 11.6 Å². The zero-order valence-electron chi connectivity index (χ0n) is 12.9. The molecule has 1 aromatic rings. The number of benzene rings is 1. The molecule has 1 fully saturated rings. The number of amides is 1. The van der Waals surface area contributed by atoms with Crippen molar-refractivity contribution in [3.05, 3.63) is 34.9 Å². The fraction of sp³-hybridized carbons (Fsp3) is 0.588. The maximum absolute atomic E-state index is 12.7. The monoisotopic (exact) mass is 308 g/mol. The second-order valence-electron chi connectivity index (χ2n) is 5.72. The molecule has 0 spiro atoms. The first-order valence-corrected chi connectivity index (χ1v) is 8.29. The van der Waals surface area contributed by atoms with Gasteiger partial charge in [0.15, 0.2) is 0 Å². The van der Waals surface area contributed by atoms with E-state index < -0.39 is 0 Å². The van der Waals surface area contributed by atoms with E-state index in [1.165, 1.54) is 0 Å². The molecule has 1 aliphatic rings. The van der Waals surface area contributed by atoms with Crippen LogP contribution in [-0.4, -0.2) is 30.4 Å². The predicted molar refractivity (Wildman–Crippen MR) is 87.5 cm³/mol. The average Bonchev–Trinajstić information content (AvgIpc) is 2.53. The lowest BCUT2D eigenvalue weighted by molar-refractivity contribution is -0.135. The Morgan fingerprint density at radius 3 is 2.76 bits per heavy atom. The first-order valence-electron chi connectivity index (χ1n) is 7.92. The number of hydrogen-bond acceptors (Lipinski definition) is 2. The molecule has 0 aliphatic carbocycles. The van der Waals surface area contributed by atoms with Gasteiger partial charge in [0.1, 0.15) is 0 Å². The van der Waals surface area contributed by atoms with Crippen molar-refractivity contribution in [2.24, 2.45) is 5.92 Å². The van der Waals surface area contributed by atoms with Crippen molar-refractivity contribution in [1.82, 2.24) is 10.2 Å². The lowest BCUT2D eigenvalue weighted by Crippen LogP contribution is -2.49. The van der Waals surface area contributed by atoms with Crippen LogP contribution in [0.4, 0.5) is 0 Å². The Bertz CT molecular complexity index is 474. The Morgan fingerprint density at radius 2 is 2.10 bits per heavy atom. The summed E-state index contributed by atoms with van der Waals surface area (Å²) in [7, 11) is 0. The Hall–Kier alpha value is -1.06. The normalized spacial score (nSPS) is 19.0. The van der Waals surface area contributed by atoms with E-state index in [4.69, 9.17) is 11.6 Å². The van der Waals surface area contributed by atoms with E-state index in [1.807, 2.05) is 29.2 Å². The molecule has 0 aromatic heterocycles. The quantitative estimate of drug-likeness (QED) is 0.900. The standard InChI is InChI=1S/C17H25ClN2O/c1-3-13(4-2)11-17(21)20-10-9-19-12-16(20)14-7-5-6-8-15(14)18/h5-8,13,16,19H,3-4,9-12H2,1-2H3. The van der Waals surface area contributed by atoms with Crippen molar-refractivity contribution < 1.29 is 4.79 Å². The van der Waals surface area contributed by atoms with Crippen LogP contribution < -0.4 is 5.32 Å². The minimum absolute atomic E-state index is 0.0503. The third-order valence-corrected chi connectivity index (χ3v) is 4.79. The molecular weight excluding hydrogens is 284 g/mol. The molecule has 1 atom stereocenters. The van der Waals surface area contributed by atoms with Crippen molar-refractivity contribution in [1.29, 1.82) is 0 Å². The molecule has 1 unspecified atom stereocenters. The van der Waals surface area contributed by atoms with Gasteiger partial charge in [-0.25, -0.2) is 0 Å². The van der Waals surface area contributed by atoms with E-state index in [9.17, 15) is 4.79 Å². The molecule has 3 nitrogen and oxygen atoms in total. The van der Waals surface area contributed by atoms with Gasteiger partial charge in [-0.1, -0.05) is 56.5 Å². The highest BCUT2D eigenvalue weighted by atomic mass is 35.5. The Morgan fingerprint density at radius 1 is 1.38 bits per heavy atom. The van der Waals surface area contributed by atoms with Gasteiger partial charge in [0.2, 0.25) is 5.91 Å². The van der Waals surface area contributed by atoms with Crippen LogP contribution in [0.1, 0.15) is 44.7 Å². The van der Waals surface area contributed by atoms with Gasteiger partial charge >= 0.3 is 0 Å². The number of carbonyl (C=O) groups is 1. The number of piperazine rings is 1. The zero-order chi connectivity index (χ0) is 15.2. The second kappa shape index (κ2) is 7.81. The minimum Gasteiger partial charge on any atom is -0.333 e. The molecule has 1 aromatic carbocycles. The number of nitrogens with one attached hydrogen (secondary N) is 1. The highest BCUT2D eigenvalue weighted by Crippen LogP contribution is 2.29. The molecule has 1 amide bonds. The highest BCUT2D eigenvalue weighted by molar-refractivity contribution is 6.31. The van der Waals surface area contributed by atoms with E-state index in [2.05, 4.69) is 19.2 Å². The van der Waals surface area contributed by atoms with E-state index in [0.29, 0.717) is 12.3 Å². The van der Waals surface area contributed by atoms with E-state index in [0.717, 1.165) is 43.1 Å². The summed E-state index contributed by atoms with van der Waals surface area (Å²) >= 11 is 6.32. The van der Waals surface area contributed by atoms with E-state index >= 15 is 0 Å². The van der Waals surface area contributed by atoms with Crippen molar-refractivity contribution in [3.8, 4) is 0 Å². The van der Waals surface area contributed by atoms with E-state index in [-0.39, 0.29) is 11.9 Å². The smallest absolute Gasteiger partial charge is 0.223 e. The van der Waals surface area contributed by atoms with Crippen molar-refractivity contribution in [2.75, 3.05) is 19.6 Å². The third-order valence-electron chi connectivity index (χ3n) is 4.45. The molecule has 2 rings (SSSR count). The second-order valence-corrected chi connectivity index (χ2v) is 6.12. The molecule has 1 aliphatic heterocycles. The summed E-state index contributed by atoms with van der Waals surface area (Å²) in [5.74, 6) is 0.745. The van der Waals surface area contributed by atoms with Gasteiger partial charge in [-0.2, -0.15) is 0 Å². The first-order chi connectivity index (χ1) is 10.2. The molecule has 1 N–H and O–H groups in total. The number of rotatable bonds is 5. The highest BCUT2D eigenvalue weighted by Gasteiger charge is 2.29. The zero-order valence-corrected chi connectivity index (χ0v) is 13.7. The van der Waals surface area contributed by atoms with Gasteiger partial charge in [0.05, 0.1) is 6.04 Å². The summed E-state index contributed by atoms with van der Waals surface area (Å²) < 4.78 is 0. The number of hydrogen-bond donors (Lipinski definition) is 1. The molecule has 0 bridgehead atoms. The topological polar surface area (TPSA) is 32.3 Å². The molecule has 0 saturated carbocycles. The number of carbonyl (C=O) groups excluding carboxylic acids is 1. The molecule has 116 valence electrons. The maximum atomic E-state index is 12.7. The average molecular weight is 309 g/mol. The van der Waals surface area contributed by atoms with Crippen molar-refractivity contribution in [3.63, 3.8) is 0 Å². The van der Waals surface area contributed by atoms with Crippen LogP contribution in [0.25, 0.3) is 0 Å². The molecule has 21 heavy (non-hydrogen) atoms. The van der Waals surface area contributed by atoms with Crippen LogP contribution in [-0.2, 0) is 4.79 Å². The van der Waals surface area contributed by atoms with Gasteiger partial charge in [-0.3, -0.25) is 4.79 Å². The van der Waals surface area contributed by atoms with Gasteiger partial charge < -0.3 is 10.2 Å². The van der Waals surface area contributed by atoms with Crippen molar-refractivity contribution >= 4 is 17.5 Å². The minimum atomic E-state index is 0.0503. The van der Waals surface area contributed by atoms with Gasteiger partial charge in [0.25, 0.3) is 0 Å². The fourth-order valence-corrected chi connectivity index (χ4v) is 3.23. The molecule has 0 radical (unpaired) electrons. The maximum Gasteiger partial charge on any atom is 0.223 e. The first kappa shape index (κ1) is 16.3.